The van der Waals surface area contributed by atoms with E-state index in [0.717, 1.165) is 35.1 Å². The lowest BCUT2D eigenvalue weighted by Crippen LogP contribution is -2.54. The Hall–Kier alpha value is -4.14. The zero-order valence-electron chi connectivity index (χ0n) is 19.1. The molecule has 0 saturated heterocycles. The first-order chi connectivity index (χ1) is 16.9. The number of carbonyl (C=O) groups is 3. The Balaban J connectivity index is 1.16. The van der Waals surface area contributed by atoms with E-state index in [-0.39, 0.29) is 36.4 Å². The molecule has 3 N–H and O–H groups in total. The van der Waals surface area contributed by atoms with Crippen LogP contribution in [0.5, 0.6) is 0 Å². The summed E-state index contributed by atoms with van der Waals surface area (Å²) in [6.45, 7) is 1.64. The van der Waals surface area contributed by atoms with Gasteiger partial charge in [-0.3, -0.25) is 4.79 Å². The van der Waals surface area contributed by atoms with Gasteiger partial charge in [-0.1, -0.05) is 53.7 Å². The van der Waals surface area contributed by atoms with Crippen molar-refractivity contribution < 1.29 is 28.8 Å². The molecule has 2 aliphatic rings. The van der Waals surface area contributed by atoms with Crippen LogP contribution in [0.2, 0.25) is 0 Å². The molecule has 1 heterocycles. The van der Waals surface area contributed by atoms with E-state index in [1.165, 1.54) is 13.0 Å². The molecule has 0 bridgehead atoms. The highest BCUT2D eigenvalue weighted by Gasteiger charge is 2.49. The van der Waals surface area contributed by atoms with Crippen LogP contribution in [-0.2, 0) is 16.1 Å². The molecule has 9 heteroatoms. The van der Waals surface area contributed by atoms with Gasteiger partial charge in [-0.25, -0.2) is 9.59 Å². The minimum atomic E-state index is -1.35. The van der Waals surface area contributed by atoms with Crippen LogP contribution in [0, 0.1) is 5.92 Å². The minimum Gasteiger partial charge on any atom is -0.480 e. The van der Waals surface area contributed by atoms with Crippen LogP contribution in [0.25, 0.3) is 11.1 Å². The number of carboxylic acid groups (broad SMARTS) is 1. The molecule has 1 atom stereocenters. The van der Waals surface area contributed by atoms with Gasteiger partial charge in [0.25, 0.3) is 5.91 Å². The maximum Gasteiger partial charge on any atom is 0.407 e. The van der Waals surface area contributed by atoms with Crippen LogP contribution in [0.4, 0.5) is 4.79 Å². The average Bonchev–Trinajstić information content (AvgIpc) is 3.53. The Morgan fingerprint density at radius 3 is 2.31 bits per heavy atom. The Morgan fingerprint density at radius 1 is 1.09 bits per heavy atom. The van der Waals surface area contributed by atoms with Crippen LogP contribution >= 0.6 is 0 Å². The monoisotopic (exact) mass is 475 g/mol. The maximum absolute atomic E-state index is 12.5. The van der Waals surface area contributed by atoms with E-state index >= 15 is 0 Å². The van der Waals surface area contributed by atoms with Crippen molar-refractivity contribution in [1.82, 2.24) is 15.8 Å². The summed E-state index contributed by atoms with van der Waals surface area (Å²) in [5, 5.41) is 18.4. The summed E-state index contributed by atoms with van der Waals surface area (Å²) < 4.78 is 10.6. The van der Waals surface area contributed by atoms with Gasteiger partial charge in [-0.05, 0) is 47.9 Å². The Labute approximate surface area is 201 Å². The number of nitrogens with zero attached hydrogens (tertiary/aromatic N) is 1. The number of carboxylic acids is 1. The zero-order valence-corrected chi connectivity index (χ0v) is 19.1. The lowest BCUT2D eigenvalue weighted by molar-refractivity contribution is -0.144. The number of alkyl carbamates (subject to hydrolysis) is 1. The first kappa shape index (κ1) is 22.6. The summed E-state index contributed by atoms with van der Waals surface area (Å²) in [5.41, 5.74) is 3.12. The number of aromatic nitrogens is 1. The van der Waals surface area contributed by atoms with E-state index in [1.54, 1.807) is 0 Å². The third-order valence-corrected chi connectivity index (χ3v) is 6.75. The van der Waals surface area contributed by atoms with E-state index in [9.17, 15) is 19.5 Å². The normalized spacial score (nSPS) is 16.0. The molecule has 2 aromatic carbocycles. The number of benzene rings is 2. The average molecular weight is 476 g/mol. The number of hydrogen-bond donors (Lipinski definition) is 3. The maximum atomic E-state index is 12.5. The van der Waals surface area contributed by atoms with Crippen LogP contribution < -0.4 is 10.6 Å². The molecular weight excluding hydrogens is 450 g/mol. The summed E-state index contributed by atoms with van der Waals surface area (Å²) in [5.74, 6) is -1.65. The quantitative estimate of drug-likeness (QED) is 0.453. The van der Waals surface area contributed by atoms with Crippen molar-refractivity contribution in [2.45, 2.75) is 37.8 Å². The van der Waals surface area contributed by atoms with Crippen molar-refractivity contribution in [3.05, 3.63) is 77.2 Å². The van der Waals surface area contributed by atoms with Gasteiger partial charge in [0.15, 0.2) is 11.5 Å². The Kier molecular flexibility index (Phi) is 5.76. The molecule has 5 rings (SSSR count). The third-order valence-electron chi connectivity index (χ3n) is 6.75. The number of fused-ring (bicyclic) bond motifs is 3. The van der Waals surface area contributed by atoms with Gasteiger partial charge < -0.3 is 25.0 Å². The van der Waals surface area contributed by atoms with E-state index in [1.807, 2.05) is 36.4 Å². The highest BCUT2D eigenvalue weighted by atomic mass is 16.5. The molecule has 0 aliphatic heterocycles. The molecule has 0 radical (unpaired) electrons. The summed E-state index contributed by atoms with van der Waals surface area (Å²) in [4.78, 5) is 36.5. The van der Waals surface area contributed by atoms with Gasteiger partial charge >= 0.3 is 12.1 Å². The topological polar surface area (TPSA) is 131 Å². The highest BCUT2D eigenvalue weighted by molar-refractivity contribution is 5.96. The smallest absolute Gasteiger partial charge is 0.407 e. The van der Waals surface area contributed by atoms with E-state index in [2.05, 4.69) is 27.9 Å². The van der Waals surface area contributed by atoms with Gasteiger partial charge in [-0.2, -0.15) is 0 Å². The third kappa shape index (κ3) is 4.37. The summed E-state index contributed by atoms with van der Waals surface area (Å²) in [7, 11) is 0. The second kappa shape index (κ2) is 8.90. The SMILES string of the molecule is CC(NC(=O)c1cc(CNC(=O)OCC2c3ccccc3-c3ccccc32)on1)(C(=O)O)C1CC1. The fraction of sp³-hybridized carbons (Fsp3) is 0.308. The molecule has 1 fully saturated rings. The van der Waals surface area contributed by atoms with Crippen molar-refractivity contribution in [1.29, 1.82) is 0 Å². The molecular formula is C26H25N3O6. The van der Waals surface area contributed by atoms with Crippen LogP contribution in [0.1, 0.15) is 53.1 Å². The first-order valence-electron chi connectivity index (χ1n) is 11.5. The van der Waals surface area contributed by atoms with Gasteiger partial charge in [-0.15, -0.1) is 0 Å². The molecule has 2 amide bonds. The lowest BCUT2D eigenvalue weighted by Gasteiger charge is -2.25. The van der Waals surface area contributed by atoms with Crippen molar-refractivity contribution in [3.63, 3.8) is 0 Å². The van der Waals surface area contributed by atoms with E-state index in [0.29, 0.717) is 0 Å². The van der Waals surface area contributed by atoms with Crippen LogP contribution in [0.15, 0.2) is 59.1 Å². The number of carbonyl (C=O) groups excluding carboxylic acids is 2. The van der Waals surface area contributed by atoms with Crippen molar-refractivity contribution in [3.8, 4) is 11.1 Å². The number of hydrogen-bond acceptors (Lipinski definition) is 6. The molecule has 1 aromatic heterocycles. The summed E-state index contributed by atoms with van der Waals surface area (Å²) in [6, 6.07) is 17.5. The fourth-order valence-corrected chi connectivity index (χ4v) is 4.60. The second-order valence-corrected chi connectivity index (χ2v) is 9.09. The van der Waals surface area contributed by atoms with Gasteiger partial charge in [0.2, 0.25) is 0 Å². The first-order valence-corrected chi connectivity index (χ1v) is 11.5. The van der Waals surface area contributed by atoms with E-state index < -0.39 is 23.5 Å². The van der Waals surface area contributed by atoms with Crippen molar-refractivity contribution in [2.24, 2.45) is 5.92 Å². The number of ether oxygens (including phenoxy) is 1. The van der Waals surface area contributed by atoms with Gasteiger partial charge in [0.05, 0.1) is 6.54 Å². The molecule has 2 aliphatic carbocycles. The standard InChI is InChI=1S/C26H25N3O6/c1-26(24(31)32,15-10-11-15)28-23(30)22-12-16(35-29-22)13-27-25(33)34-14-21-19-8-4-2-6-17(19)18-7-3-5-9-20(18)21/h2-9,12,15,21H,10-11,13-14H2,1H3,(H,27,33)(H,28,30)(H,31,32). The Bertz CT molecular complexity index is 1250. The summed E-state index contributed by atoms with van der Waals surface area (Å²) >= 11 is 0. The lowest BCUT2D eigenvalue weighted by atomic mass is 9.96. The number of nitrogens with one attached hydrogen (secondary N) is 2. The largest absolute Gasteiger partial charge is 0.480 e. The van der Waals surface area contributed by atoms with E-state index in [4.69, 9.17) is 9.26 Å². The predicted molar refractivity (Wildman–Crippen MR) is 125 cm³/mol. The molecule has 1 saturated carbocycles. The molecule has 0 spiro atoms. The predicted octanol–water partition coefficient (Wildman–Crippen LogP) is 3.70. The second-order valence-electron chi connectivity index (χ2n) is 9.09. The molecule has 9 nitrogen and oxygen atoms in total. The Morgan fingerprint density at radius 2 is 1.71 bits per heavy atom. The van der Waals surface area contributed by atoms with Crippen LogP contribution in [-0.4, -0.2) is 40.4 Å². The van der Waals surface area contributed by atoms with Gasteiger partial charge in [0.1, 0.15) is 12.1 Å². The minimum absolute atomic E-state index is 0.0320. The number of rotatable bonds is 8. The highest BCUT2D eigenvalue weighted by Crippen LogP contribution is 2.44. The van der Waals surface area contributed by atoms with Gasteiger partial charge in [0, 0.05) is 12.0 Å². The van der Waals surface area contributed by atoms with Crippen molar-refractivity contribution >= 4 is 18.0 Å². The fourth-order valence-electron chi connectivity index (χ4n) is 4.60. The number of amides is 2. The zero-order chi connectivity index (χ0) is 24.6. The molecule has 3 aromatic rings. The number of aliphatic carboxylic acids is 1. The molecule has 1 unspecified atom stereocenters. The molecule has 180 valence electrons. The van der Waals surface area contributed by atoms with Crippen LogP contribution in [0.3, 0.4) is 0 Å². The van der Waals surface area contributed by atoms with Crippen molar-refractivity contribution in [2.75, 3.05) is 6.61 Å². The molecule has 35 heavy (non-hydrogen) atoms. The summed E-state index contributed by atoms with van der Waals surface area (Å²) in [6.07, 6.45) is 0.871.